The zero-order chi connectivity index (χ0) is 13.8. The molecule has 1 N–H and O–H groups in total. The molecule has 0 spiro atoms. The third-order valence-electron chi connectivity index (χ3n) is 2.03. The molecule has 1 rings (SSSR count). The Labute approximate surface area is 118 Å². The van der Waals surface area contributed by atoms with E-state index in [1.54, 1.807) is 10.8 Å². The maximum Gasteiger partial charge on any atom is 0.226 e. The van der Waals surface area contributed by atoms with Crippen LogP contribution >= 0.6 is 21.6 Å². The van der Waals surface area contributed by atoms with Gasteiger partial charge in [0, 0.05) is 21.2 Å². The van der Waals surface area contributed by atoms with E-state index < -0.39 is 0 Å². The van der Waals surface area contributed by atoms with E-state index in [0.717, 1.165) is 5.69 Å². The van der Waals surface area contributed by atoms with Crippen LogP contribution in [0.15, 0.2) is 29.2 Å². The van der Waals surface area contributed by atoms with E-state index in [1.165, 1.54) is 4.90 Å². The van der Waals surface area contributed by atoms with Crippen LogP contribution in [0.1, 0.15) is 34.6 Å². The average Bonchev–Trinajstić information content (AvgIpc) is 2.27. The Hall–Kier alpha value is -0.610. The Morgan fingerprint density at radius 3 is 2.17 bits per heavy atom. The van der Waals surface area contributed by atoms with Crippen molar-refractivity contribution in [2.75, 3.05) is 5.32 Å². The summed E-state index contributed by atoms with van der Waals surface area (Å²) in [7, 11) is 3.61. The van der Waals surface area contributed by atoms with Crippen molar-refractivity contribution in [2.24, 2.45) is 5.92 Å². The molecule has 100 valence electrons. The van der Waals surface area contributed by atoms with Crippen LogP contribution in [0.5, 0.6) is 0 Å². The van der Waals surface area contributed by atoms with Crippen LogP contribution in [0.4, 0.5) is 5.69 Å². The summed E-state index contributed by atoms with van der Waals surface area (Å²) in [5.41, 5.74) is 0.860. The molecule has 0 aromatic heterocycles. The normalized spacial score (nSPS) is 11.7. The molecular formula is C14H21NOS2. The molecule has 4 heteroatoms. The molecule has 0 atom stereocenters. The van der Waals surface area contributed by atoms with Gasteiger partial charge in [0.15, 0.2) is 0 Å². The average molecular weight is 283 g/mol. The Bertz CT molecular complexity index is 393. The van der Waals surface area contributed by atoms with Crippen LogP contribution in [0.2, 0.25) is 0 Å². The summed E-state index contributed by atoms with van der Waals surface area (Å²) in [5.74, 6) is 0.0648. The van der Waals surface area contributed by atoms with Crippen LogP contribution in [0, 0.1) is 5.92 Å². The third-order valence-corrected chi connectivity index (χ3v) is 5.41. The molecule has 0 saturated carbocycles. The first-order valence-electron chi connectivity index (χ1n) is 6.04. The van der Waals surface area contributed by atoms with Crippen molar-refractivity contribution < 1.29 is 4.79 Å². The quantitative estimate of drug-likeness (QED) is 0.803. The molecule has 1 aromatic carbocycles. The molecule has 0 fully saturated rings. The SMILES string of the molecule is CC(C)C(=O)Nc1ccc(SSC(C)(C)C)cc1. The zero-order valence-electron chi connectivity index (χ0n) is 11.6. The van der Waals surface area contributed by atoms with Gasteiger partial charge in [0.1, 0.15) is 0 Å². The van der Waals surface area contributed by atoms with Gasteiger partial charge in [-0.1, -0.05) is 56.2 Å². The molecule has 0 saturated heterocycles. The number of benzene rings is 1. The Morgan fingerprint density at radius 2 is 1.72 bits per heavy atom. The van der Waals surface area contributed by atoms with Crippen molar-refractivity contribution in [3.05, 3.63) is 24.3 Å². The van der Waals surface area contributed by atoms with Gasteiger partial charge in [0.25, 0.3) is 0 Å². The fraction of sp³-hybridized carbons (Fsp3) is 0.500. The smallest absolute Gasteiger partial charge is 0.226 e. The van der Waals surface area contributed by atoms with Gasteiger partial charge >= 0.3 is 0 Å². The fourth-order valence-corrected chi connectivity index (χ4v) is 3.02. The zero-order valence-corrected chi connectivity index (χ0v) is 13.2. The lowest BCUT2D eigenvalue weighted by Gasteiger charge is -2.16. The minimum Gasteiger partial charge on any atom is -0.326 e. The van der Waals surface area contributed by atoms with Crippen LogP contribution in [0.3, 0.4) is 0 Å². The number of amides is 1. The molecule has 1 aromatic rings. The van der Waals surface area contributed by atoms with E-state index in [1.807, 2.05) is 48.9 Å². The van der Waals surface area contributed by atoms with E-state index in [2.05, 4.69) is 26.1 Å². The number of nitrogens with one attached hydrogen (secondary N) is 1. The second kappa shape index (κ2) is 6.53. The highest BCUT2D eigenvalue weighted by Gasteiger charge is 2.12. The fourth-order valence-electron chi connectivity index (χ4n) is 1.05. The summed E-state index contributed by atoms with van der Waals surface area (Å²) in [5, 5.41) is 2.89. The van der Waals surface area contributed by atoms with Crippen molar-refractivity contribution in [2.45, 2.75) is 44.3 Å². The second-order valence-corrected chi connectivity index (χ2v) is 8.48. The van der Waals surface area contributed by atoms with Crippen LogP contribution < -0.4 is 5.32 Å². The molecule has 0 radical (unpaired) electrons. The van der Waals surface area contributed by atoms with Crippen LogP contribution in [-0.2, 0) is 4.79 Å². The summed E-state index contributed by atoms with van der Waals surface area (Å²) in [4.78, 5) is 12.7. The molecule has 18 heavy (non-hydrogen) atoms. The van der Waals surface area contributed by atoms with Crippen LogP contribution in [0.25, 0.3) is 0 Å². The summed E-state index contributed by atoms with van der Waals surface area (Å²) < 4.78 is 0.245. The van der Waals surface area contributed by atoms with Gasteiger partial charge in [0.05, 0.1) is 0 Å². The van der Waals surface area contributed by atoms with E-state index in [-0.39, 0.29) is 16.6 Å². The number of anilines is 1. The molecular weight excluding hydrogens is 262 g/mol. The molecule has 1 amide bonds. The second-order valence-electron chi connectivity index (χ2n) is 5.45. The van der Waals surface area contributed by atoms with Crippen LogP contribution in [-0.4, -0.2) is 10.7 Å². The maximum absolute atomic E-state index is 11.5. The van der Waals surface area contributed by atoms with E-state index in [0.29, 0.717) is 0 Å². The van der Waals surface area contributed by atoms with Crippen molar-refractivity contribution in [3.63, 3.8) is 0 Å². The van der Waals surface area contributed by atoms with Gasteiger partial charge in [-0.3, -0.25) is 4.79 Å². The van der Waals surface area contributed by atoms with Gasteiger partial charge < -0.3 is 5.32 Å². The predicted molar refractivity (Wildman–Crippen MR) is 83.1 cm³/mol. The highest BCUT2D eigenvalue weighted by molar-refractivity contribution is 8.77. The molecule has 0 bridgehead atoms. The first-order chi connectivity index (χ1) is 8.28. The third kappa shape index (κ3) is 5.83. The molecule has 0 aliphatic rings. The van der Waals surface area contributed by atoms with E-state index in [4.69, 9.17) is 0 Å². The molecule has 0 aliphatic heterocycles. The molecule has 0 aliphatic carbocycles. The molecule has 0 unspecified atom stereocenters. The first-order valence-corrected chi connectivity index (χ1v) is 8.19. The standard InChI is InChI=1S/C14H21NOS2/c1-10(2)13(16)15-11-6-8-12(9-7-11)17-18-14(3,4)5/h6-10H,1-5H3,(H,15,16). The van der Waals surface area contributed by atoms with Gasteiger partial charge in [-0.05, 0) is 24.3 Å². The van der Waals surface area contributed by atoms with Crippen molar-refractivity contribution >= 4 is 33.2 Å². The lowest BCUT2D eigenvalue weighted by atomic mass is 10.2. The van der Waals surface area contributed by atoms with Gasteiger partial charge in [-0.25, -0.2) is 0 Å². The summed E-state index contributed by atoms with van der Waals surface area (Å²) in [6.07, 6.45) is 0. The Balaban J connectivity index is 2.55. The number of rotatable bonds is 4. The highest BCUT2D eigenvalue weighted by Crippen LogP contribution is 2.40. The lowest BCUT2D eigenvalue weighted by molar-refractivity contribution is -0.118. The Morgan fingerprint density at radius 1 is 1.17 bits per heavy atom. The van der Waals surface area contributed by atoms with Gasteiger partial charge in [-0.15, -0.1) is 0 Å². The number of hydrogen-bond donors (Lipinski definition) is 1. The van der Waals surface area contributed by atoms with E-state index >= 15 is 0 Å². The summed E-state index contributed by atoms with van der Waals surface area (Å²) in [6, 6.07) is 7.98. The monoisotopic (exact) mass is 283 g/mol. The van der Waals surface area contributed by atoms with Gasteiger partial charge in [-0.2, -0.15) is 0 Å². The topological polar surface area (TPSA) is 29.1 Å². The summed E-state index contributed by atoms with van der Waals surface area (Å²) >= 11 is 0. The van der Waals surface area contributed by atoms with Crippen molar-refractivity contribution in [3.8, 4) is 0 Å². The minimum atomic E-state index is 0.00972. The number of hydrogen-bond acceptors (Lipinski definition) is 3. The Kier molecular flexibility index (Phi) is 5.60. The maximum atomic E-state index is 11.5. The number of carbonyl (C=O) groups is 1. The predicted octanol–water partition coefficient (Wildman–Crippen LogP) is 4.82. The highest BCUT2D eigenvalue weighted by atomic mass is 33.1. The summed E-state index contributed by atoms with van der Waals surface area (Å²) in [6.45, 7) is 10.4. The first kappa shape index (κ1) is 15.4. The largest absolute Gasteiger partial charge is 0.326 e. The van der Waals surface area contributed by atoms with Crippen molar-refractivity contribution in [1.29, 1.82) is 0 Å². The lowest BCUT2D eigenvalue weighted by Crippen LogP contribution is -2.17. The number of carbonyl (C=O) groups excluding carboxylic acids is 1. The molecule has 2 nitrogen and oxygen atoms in total. The van der Waals surface area contributed by atoms with Gasteiger partial charge in [0.2, 0.25) is 5.91 Å². The van der Waals surface area contributed by atoms with E-state index in [9.17, 15) is 4.79 Å². The minimum absolute atomic E-state index is 0.00972. The van der Waals surface area contributed by atoms with Crippen molar-refractivity contribution in [1.82, 2.24) is 0 Å². The molecule has 0 heterocycles.